The van der Waals surface area contributed by atoms with Crippen LogP contribution in [-0.4, -0.2) is 6.61 Å². The Bertz CT molecular complexity index is 699. The van der Waals surface area contributed by atoms with Crippen molar-refractivity contribution in [2.45, 2.75) is 18.9 Å². The second kappa shape index (κ2) is 4.38. The molecule has 2 aromatic rings. The fourth-order valence-electron chi connectivity index (χ4n) is 2.86. The van der Waals surface area contributed by atoms with Crippen LogP contribution in [0.1, 0.15) is 22.8 Å². The van der Waals surface area contributed by atoms with Gasteiger partial charge in [0, 0.05) is 40.6 Å². The Morgan fingerprint density at radius 3 is 3.05 bits per heavy atom. The zero-order chi connectivity index (χ0) is 13.7. The summed E-state index contributed by atoms with van der Waals surface area (Å²) in [7, 11) is 0. The zero-order valence-corrected chi connectivity index (χ0v) is 11.3. The third-order valence-corrected chi connectivity index (χ3v) is 3.95. The fourth-order valence-corrected chi connectivity index (χ4v) is 3.04. The van der Waals surface area contributed by atoms with Gasteiger partial charge in [-0.25, -0.2) is 4.39 Å². The minimum Gasteiger partial charge on any atom is -0.493 e. The molecule has 0 bridgehead atoms. The number of fused-ring (bicyclic) bond motifs is 2. The predicted octanol–water partition coefficient (Wildman–Crippen LogP) is 3.89. The summed E-state index contributed by atoms with van der Waals surface area (Å²) in [5.41, 5.74) is 2.69. The lowest BCUT2D eigenvalue weighted by atomic mass is 10.00. The van der Waals surface area contributed by atoms with Gasteiger partial charge in [0.05, 0.1) is 6.61 Å². The SMILES string of the molecule is Fc1cc2c(c(C3Cc4cc(Cl)c[c]c4O3)c1)OCC2. The van der Waals surface area contributed by atoms with Crippen LogP contribution in [0.3, 0.4) is 0 Å². The molecule has 2 aliphatic heterocycles. The standard InChI is InChI=1S/C16H11ClFO2/c17-11-1-2-14-10(5-11)7-15(20-14)13-8-12(18)6-9-3-4-19-16(9)13/h1,5-6,8,15H,3-4,7H2. The van der Waals surface area contributed by atoms with Crippen molar-refractivity contribution < 1.29 is 13.9 Å². The highest BCUT2D eigenvalue weighted by Gasteiger charge is 2.30. The minimum atomic E-state index is -0.245. The van der Waals surface area contributed by atoms with Gasteiger partial charge in [0.25, 0.3) is 0 Å². The molecule has 0 spiro atoms. The second-order valence-corrected chi connectivity index (χ2v) is 5.50. The lowest BCUT2D eigenvalue weighted by Gasteiger charge is -2.15. The van der Waals surface area contributed by atoms with E-state index in [1.54, 1.807) is 6.07 Å². The molecule has 0 saturated heterocycles. The molecule has 1 unspecified atom stereocenters. The van der Waals surface area contributed by atoms with E-state index in [4.69, 9.17) is 21.1 Å². The van der Waals surface area contributed by atoms with Gasteiger partial charge in [-0.3, -0.25) is 0 Å². The highest BCUT2D eigenvalue weighted by Crippen LogP contribution is 2.43. The molecule has 1 radical (unpaired) electrons. The Hall–Kier alpha value is -1.74. The summed E-state index contributed by atoms with van der Waals surface area (Å²) in [6.45, 7) is 0.601. The van der Waals surface area contributed by atoms with E-state index in [1.807, 2.05) is 6.07 Å². The van der Waals surface area contributed by atoms with Crippen LogP contribution in [0.4, 0.5) is 4.39 Å². The summed E-state index contributed by atoms with van der Waals surface area (Å²) in [6, 6.07) is 9.60. The second-order valence-electron chi connectivity index (χ2n) is 5.06. The smallest absolute Gasteiger partial charge is 0.132 e. The van der Waals surface area contributed by atoms with Crippen LogP contribution in [0.5, 0.6) is 11.5 Å². The zero-order valence-electron chi connectivity index (χ0n) is 10.6. The Morgan fingerprint density at radius 2 is 2.15 bits per heavy atom. The van der Waals surface area contributed by atoms with Gasteiger partial charge >= 0.3 is 0 Å². The van der Waals surface area contributed by atoms with Crippen molar-refractivity contribution in [2.75, 3.05) is 6.61 Å². The van der Waals surface area contributed by atoms with Gasteiger partial charge in [0.2, 0.25) is 0 Å². The fraction of sp³-hybridized carbons (Fsp3) is 0.250. The summed E-state index contributed by atoms with van der Waals surface area (Å²) in [4.78, 5) is 0. The summed E-state index contributed by atoms with van der Waals surface area (Å²) in [5.74, 6) is 1.22. The summed E-state index contributed by atoms with van der Waals surface area (Å²) in [5, 5.41) is 0.633. The van der Waals surface area contributed by atoms with Crippen LogP contribution in [0.2, 0.25) is 5.02 Å². The van der Waals surface area contributed by atoms with Gasteiger partial charge in [0.1, 0.15) is 23.4 Å². The maximum Gasteiger partial charge on any atom is 0.132 e. The maximum atomic E-state index is 13.7. The van der Waals surface area contributed by atoms with Gasteiger partial charge in [-0.1, -0.05) is 11.6 Å². The molecular formula is C16H11ClFO2. The van der Waals surface area contributed by atoms with Crippen LogP contribution >= 0.6 is 11.6 Å². The van der Waals surface area contributed by atoms with E-state index in [2.05, 4.69) is 6.07 Å². The Balaban J connectivity index is 1.74. The van der Waals surface area contributed by atoms with E-state index in [-0.39, 0.29) is 11.9 Å². The Morgan fingerprint density at radius 1 is 1.25 bits per heavy atom. The van der Waals surface area contributed by atoms with Gasteiger partial charge in [-0.15, -0.1) is 0 Å². The average Bonchev–Trinajstić information content (AvgIpc) is 3.02. The number of rotatable bonds is 1. The molecule has 0 saturated carbocycles. The lowest BCUT2D eigenvalue weighted by Crippen LogP contribution is -2.06. The first-order valence-corrected chi connectivity index (χ1v) is 6.90. The van der Waals surface area contributed by atoms with E-state index in [9.17, 15) is 4.39 Å². The molecule has 20 heavy (non-hydrogen) atoms. The number of hydrogen-bond donors (Lipinski definition) is 0. The minimum absolute atomic E-state index is 0.234. The Kier molecular flexibility index (Phi) is 2.64. The molecule has 4 rings (SSSR count). The third kappa shape index (κ3) is 1.85. The molecule has 2 heterocycles. The topological polar surface area (TPSA) is 18.5 Å². The van der Waals surface area contributed by atoms with Gasteiger partial charge in [-0.2, -0.15) is 0 Å². The van der Waals surface area contributed by atoms with Crippen molar-refractivity contribution >= 4 is 11.6 Å². The van der Waals surface area contributed by atoms with Gasteiger partial charge in [-0.05, 0) is 24.3 Å². The summed E-state index contributed by atoms with van der Waals surface area (Å²) < 4.78 is 25.2. The van der Waals surface area contributed by atoms with Gasteiger partial charge < -0.3 is 9.47 Å². The predicted molar refractivity (Wildman–Crippen MR) is 73.0 cm³/mol. The lowest BCUT2D eigenvalue weighted by molar-refractivity contribution is 0.229. The normalized spacial score (nSPS) is 19.2. The molecule has 1 atom stereocenters. The highest BCUT2D eigenvalue weighted by atomic mass is 35.5. The molecule has 2 aliphatic rings. The van der Waals surface area contributed by atoms with E-state index >= 15 is 0 Å². The molecule has 2 nitrogen and oxygen atoms in total. The molecule has 0 N–H and O–H groups in total. The molecule has 0 amide bonds. The van der Waals surface area contributed by atoms with Crippen molar-refractivity contribution in [1.82, 2.24) is 0 Å². The van der Waals surface area contributed by atoms with Gasteiger partial charge in [0.15, 0.2) is 0 Å². The molecule has 0 aromatic heterocycles. The first kappa shape index (κ1) is 12.0. The van der Waals surface area contributed by atoms with E-state index in [0.717, 1.165) is 28.9 Å². The Labute approximate surface area is 121 Å². The van der Waals surface area contributed by atoms with Crippen LogP contribution in [0.25, 0.3) is 0 Å². The molecule has 4 heteroatoms. The molecule has 0 aliphatic carbocycles. The van der Waals surface area contributed by atoms with Crippen LogP contribution < -0.4 is 9.47 Å². The molecular weight excluding hydrogens is 279 g/mol. The average molecular weight is 290 g/mol. The van der Waals surface area contributed by atoms with Crippen LogP contribution in [0, 0.1) is 11.9 Å². The van der Waals surface area contributed by atoms with Crippen molar-refractivity contribution in [3.63, 3.8) is 0 Å². The van der Waals surface area contributed by atoms with E-state index in [1.165, 1.54) is 12.1 Å². The number of hydrogen-bond acceptors (Lipinski definition) is 2. The van der Waals surface area contributed by atoms with Crippen LogP contribution in [0.15, 0.2) is 24.3 Å². The number of benzene rings is 2. The largest absolute Gasteiger partial charge is 0.493 e. The molecule has 101 valence electrons. The first-order chi connectivity index (χ1) is 9.70. The van der Waals surface area contributed by atoms with Crippen molar-refractivity contribution in [3.8, 4) is 11.5 Å². The molecule has 0 fully saturated rings. The summed E-state index contributed by atoms with van der Waals surface area (Å²) >= 11 is 5.96. The number of ether oxygens (including phenoxy) is 2. The monoisotopic (exact) mass is 289 g/mol. The quantitative estimate of drug-likeness (QED) is 0.793. The van der Waals surface area contributed by atoms with E-state index in [0.29, 0.717) is 23.8 Å². The third-order valence-electron chi connectivity index (χ3n) is 3.73. The number of halogens is 2. The van der Waals surface area contributed by atoms with Crippen LogP contribution in [-0.2, 0) is 12.8 Å². The molecule has 2 aromatic carbocycles. The van der Waals surface area contributed by atoms with E-state index < -0.39 is 0 Å². The summed E-state index contributed by atoms with van der Waals surface area (Å²) in [6.07, 6.45) is 1.17. The maximum absolute atomic E-state index is 13.7. The first-order valence-electron chi connectivity index (χ1n) is 6.52. The van der Waals surface area contributed by atoms with Crippen molar-refractivity contribution in [2.24, 2.45) is 0 Å². The van der Waals surface area contributed by atoms with Crippen molar-refractivity contribution in [3.05, 3.63) is 57.9 Å². The highest BCUT2D eigenvalue weighted by molar-refractivity contribution is 6.30. The van der Waals surface area contributed by atoms with Crippen molar-refractivity contribution in [1.29, 1.82) is 0 Å².